The summed E-state index contributed by atoms with van der Waals surface area (Å²) in [6.07, 6.45) is 0. The van der Waals surface area contributed by atoms with Gasteiger partial charge in [0.2, 0.25) is 11.8 Å². The summed E-state index contributed by atoms with van der Waals surface area (Å²) >= 11 is 0. The second kappa shape index (κ2) is 7.41. The summed E-state index contributed by atoms with van der Waals surface area (Å²) in [5.41, 5.74) is 1.69. The Balaban J connectivity index is 1.77. The van der Waals surface area contributed by atoms with Crippen molar-refractivity contribution in [1.82, 2.24) is 9.78 Å². The monoisotopic (exact) mass is 364 g/mol. The van der Waals surface area contributed by atoms with Gasteiger partial charge in [-0.1, -0.05) is 18.2 Å². The van der Waals surface area contributed by atoms with Crippen LogP contribution in [0.15, 0.2) is 53.3 Å². The van der Waals surface area contributed by atoms with Gasteiger partial charge in [0.1, 0.15) is 6.54 Å². The van der Waals surface area contributed by atoms with Crippen molar-refractivity contribution in [1.29, 1.82) is 0 Å². The van der Waals surface area contributed by atoms with Crippen LogP contribution < -0.4 is 15.8 Å². The lowest BCUT2D eigenvalue weighted by atomic mass is 10.1. The summed E-state index contributed by atoms with van der Waals surface area (Å²) in [7, 11) is 1.68. The fourth-order valence-corrected chi connectivity index (χ4v) is 2.80. The number of amides is 2. The Bertz CT molecular complexity index is 1070. The number of hydrogen-bond acceptors (Lipinski definition) is 4. The molecule has 0 aliphatic rings. The van der Waals surface area contributed by atoms with E-state index in [9.17, 15) is 14.4 Å². The fourth-order valence-electron chi connectivity index (χ4n) is 2.80. The quantitative estimate of drug-likeness (QED) is 0.770. The van der Waals surface area contributed by atoms with Crippen molar-refractivity contribution in [3.8, 4) is 0 Å². The van der Waals surface area contributed by atoms with Crippen molar-refractivity contribution in [3.05, 3.63) is 64.6 Å². The summed E-state index contributed by atoms with van der Waals surface area (Å²) in [6, 6.07) is 14.1. The van der Waals surface area contributed by atoms with Crippen LogP contribution in [0.1, 0.15) is 12.6 Å². The summed E-state index contributed by atoms with van der Waals surface area (Å²) < 4.78 is 1.17. The van der Waals surface area contributed by atoms with E-state index in [1.165, 1.54) is 16.5 Å². The molecule has 0 saturated carbocycles. The van der Waals surface area contributed by atoms with Crippen LogP contribution in [0.4, 0.5) is 11.4 Å². The maximum Gasteiger partial charge on any atom is 0.275 e. The van der Waals surface area contributed by atoms with E-state index in [4.69, 9.17) is 0 Å². The smallest absolute Gasteiger partial charge is 0.275 e. The highest BCUT2D eigenvalue weighted by Crippen LogP contribution is 2.17. The number of fused-ring (bicyclic) bond motifs is 1. The summed E-state index contributed by atoms with van der Waals surface area (Å²) in [6.45, 7) is 3.10. The molecule has 0 aliphatic carbocycles. The highest BCUT2D eigenvalue weighted by Gasteiger charge is 2.11. The molecule has 7 heteroatoms. The van der Waals surface area contributed by atoms with E-state index < -0.39 is 0 Å². The van der Waals surface area contributed by atoms with E-state index >= 15 is 0 Å². The maximum atomic E-state index is 12.5. The highest BCUT2D eigenvalue weighted by atomic mass is 16.2. The number of nitrogens with one attached hydrogen (secondary N) is 1. The minimum atomic E-state index is -0.355. The Labute approximate surface area is 156 Å². The van der Waals surface area contributed by atoms with Crippen LogP contribution in [0.3, 0.4) is 0 Å². The van der Waals surface area contributed by atoms with Crippen LogP contribution in [0.2, 0.25) is 0 Å². The van der Waals surface area contributed by atoms with Gasteiger partial charge in [-0.25, -0.2) is 4.68 Å². The number of anilines is 2. The molecule has 1 N–H and O–H groups in total. The molecule has 0 atom stereocenters. The molecule has 2 amide bonds. The molecule has 0 saturated heterocycles. The lowest BCUT2D eigenvalue weighted by Crippen LogP contribution is -2.30. The van der Waals surface area contributed by atoms with Crippen molar-refractivity contribution in [2.75, 3.05) is 17.3 Å². The first-order chi connectivity index (χ1) is 12.9. The van der Waals surface area contributed by atoms with Gasteiger partial charge in [0.05, 0.1) is 11.1 Å². The minimum Gasteiger partial charge on any atom is -0.324 e. The number of carbonyl (C=O) groups excluding carboxylic acids is 2. The van der Waals surface area contributed by atoms with E-state index in [0.717, 1.165) is 11.1 Å². The highest BCUT2D eigenvalue weighted by molar-refractivity contribution is 5.93. The fraction of sp³-hybridized carbons (Fsp3) is 0.200. The molecule has 27 heavy (non-hydrogen) atoms. The number of aryl methyl sites for hydroxylation is 1. The van der Waals surface area contributed by atoms with Crippen LogP contribution in [-0.4, -0.2) is 28.6 Å². The SMILES string of the molecule is CC(=O)N(C)c1ccc(NC(=O)Cn2nc(C)c3ccccc3c2=O)cc1. The van der Waals surface area contributed by atoms with Gasteiger partial charge in [0.25, 0.3) is 5.56 Å². The van der Waals surface area contributed by atoms with Crippen LogP contribution in [0.5, 0.6) is 0 Å². The van der Waals surface area contributed by atoms with Gasteiger partial charge in [0, 0.05) is 30.7 Å². The molecule has 0 fully saturated rings. The van der Waals surface area contributed by atoms with Gasteiger partial charge >= 0.3 is 0 Å². The Kier molecular flexibility index (Phi) is 5.03. The Morgan fingerprint density at radius 1 is 1.07 bits per heavy atom. The van der Waals surface area contributed by atoms with Crippen molar-refractivity contribution >= 4 is 34.0 Å². The number of carbonyl (C=O) groups is 2. The third kappa shape index (κ3) is 3.87. The first-order valence-electron chi connectivity index (χ1n) is 8.47. The largest absolute Gasteiger partial charge is 0.324 e. The molecule has 1 heterocycles. The van der Waals surface area contributed by atoms with E-state index in [2.05, 4.69) is 10.4 Å². The van der Waals surface area contributed by atoms with Crippen molar-refractivity contribution in [3.63, 3.8) is 0 Å². The number of aromatic nitrogens is 2. The second-order valence-corrected chi connectivity index (χ2v) is 6.27. The van der Waals surface area contributed by atoms with Crippen molar-refractivity contribution in [2.24, 2.45) is 0 Å². The molecule has 0 unspecified atom stereocenters. The van der Waals surface area contributed by atoms with E-state index in [-0.39, 0.29) is 23.9 Å². The third-order valence-electron chi connectivity index (χ3n) is 4.36. The zero-order valence-electron chi connectivity index (χ0n) is 15.4. The van der Waals surface area contributed by atoms with Crippen LogP contribution in [0, 0.1) is 6.92 Å². The number of nitrogens with zero attached hydrogens (tertiary/aromatic N) is 3. The maximum absolute atomic E-state index is 12.5. The minimum absolute atomic E-state index is 0.0797. The lowest BCUT2D eigenvalue weighted by molar-refractivity contribution is -0.117. The third-order valence-corrected chi connectivity index (χ3v) is 4.36. The Morgan fingerprint density at radius 2 is 1.70 bits per heavy atom. The summed E-state index contributed by atoms with van der Waals surface area (Å²) in [5.74, 6) is -0.434. The zero-order valence-corrected chi connectivity index (χ0v) is 15.4. The standard InChI is InChI=1S/C20H20N4O3/c1-13-17-6-4-5-7-18(17)20(27)24(22-13)12-19(26)21-15-8-10-16(11-9-15)23(3)14(2)25/h4-11H,12H2,1-3H3,(H,21,26). The lowest BCUT2D eigenvalue weighted by Gasteiger charge is -2.15. The molecular weight excluding hydrogens is 344 g/mol. The average molecular weight is 364 g/mol. The normalized spacial score (nSPS) is 10.6. The number of hydrogen-bond donors (Lipinski definition) is 1. The van der Waals surface area contributed by atoms with Gasteiger partial charge in [-0.05, 0) is 37.3 Å². The summed E-state index contributed by atoms with van der Waals surface area (Å²) in [4.78, 5) is 37.8. The molecule has 0 spiro atoms. The van der Waals surface area contributed by atoms with Crippen molar-refractivity contribution in [2.45, 2.75) is 20.4 Å². The number of rotatable bonds is 4. The van der Waals surface area contributed by atoms with Gasteiger partial charge in [-0.15, -0.1) is 0 Å². The van der Waals surface area contributed by atoms with Gasteiger partial charge in [-0.3, -0.25) is 14.4 Å². The van der Waals surface area contributed by atoms with E-state index in [0.29, 0.717) is 16.8 Å². The van der Waals surface area contributed by atoms with Gasteiger partial charge in [0.15, 0.2) is 0 Å². The average Bonchev–Trinajstić information content (AvgIpc) is 2.66. The van der Waals surface area contributed by atoms with Crippen LogP contribution in [0.25, 0.3) is 10.8 Å². The number of benzene rings is 2. The molecular formula is C20H20N4O3. The molecule has 0 radical (unpaired) electrons. The Morgan fingerprint density at radius 3 is 2.33 bits per heavy atom. The molecule has 0 bridgehead atoms. The first kappa shape index (κ1) is 18.3. The predicted octanol–water partition coefficient (Wildman–Crippen LogP) is 2.33. The van der Waals surface area contributed by atoms with Crippen LogP contribution >= 0.6 is 0 Å². The van der Waals surface area contributed by atoms with Crippen LogP contribution in [-0.2, 0) is 16.1 Å². The molecule has 7 nitrogen and oxygen atoms in total. The van der Waals surface area contributed by atoms with E-state index in [1.54, 1.807) is 50.4 Å². The molecule has 1 aromatic heterocycles. The zero-order chi connectivity index (χ0) is 19.6. The predicted molar refractivity (Wildman–Crippen MR) is 105 cm³/mol. The van der Waals surface area contributed by atoms with Gasteiger partial charge in [-0.2, -0.15) is 5.10 Å². The molecule has 2 aromatic carbocycles. The molecule has 138 valence electrons. The molecule has 3 aromatic rings. The first-order valence-corrected chi connectivity index (χ1v) is 8.47. The van der Waals surface area contributed by atoms with Gasteiger partial charge < -0.3 is 10.2 Å². The van der Waals surface area contributed by atoms with Crippen molar-refractivity contribution < 1.29 is 9.59 Å². The Hall–Kier alpha value is -3.48. The molecule has 0 aliphatic heterocycles. The second-order valence-electron chi connectivity index (χ2n) is 6.27. The molecule has 3 rings (SSSR count). The van der Waals surface area contributed by atoms with E-state index in [1.807, 2.05) is 12.1 Å². The summed E-state index contributed by atoms with van der Waals surface area (Å²) in [5, 5.41) is 8.30. The topological polar surface area (TPSA) is 84.3 Å².